The fourth-order valence-corrected chi connectivity index (χ4v) is 2.08. The number of hydrogen-bond acceptors (Lipinski definition) is 2. The summed E-state index contributed by atoms with van der Waals surface area (Å²) in [5.41, 5.74) is 0. The standard InChI is InChI=1S/C8H15NS/c1-6(2)4-8-5-10-7(3)9-8/h6,8H,4-5H2,1-3H3. The van der Waals surface area contributed by atoms with Crippen molar-refractivity contribution >= 4 is 16.8 Å². The largest absolute Gasteiger partial charge is 0.279 e. The molecule has 0 aliphatic carbocycles. The van der Waals surface area contributed by atoms with Gasteiger partial charge in [-0.2, -0.15) is 0 Å². The smallest absolute Gasteiger partial charge is 0.0649 e. The monoisotopic (exact) mass is 157 g/mol. The molecule has 1 aliphatic rings. The molecule has 0 bridgehead atoms. The molecule has 1 atom stereocenters. The third-order valence-corrected chi connectivity index (χ3v) is 2.67. The van der Waals surface area contributed by atoms with E-state index < -0.39 is 0 Å². The lowest BCUT2D eigenvalue weighted by Crippen LogP contribution is -2.07. The number of nitrogens with zero attached hydrogens (tertiary/aromatic N) is 1. The third kappa shape index (κ3) is 2.33. The average Bonchev–Trinajstić information content (AvgIpc) is 2.13. The molecule has 1 unspecified atom stereocenters. The second-order valence-corrected chi connectivity index (χ2v) is 4.46. The van der Waals surface area contributed by atoms with Crippen LogP contribution in [-0.4, -0.2) is 16.8 Å². The molecular weight excluding hydrogens is 142 g/mol. The summed E-state index contributed by atoms with van der Waals surface area (Å²) in [7, 11) is 0. The number of rotatable bonds is 2. The van der Waals surface area contributed by atoms with E-state index in [1.54, 1.807) is 0 Å². The van der Waals surface area contributed by atoms with Crippen LogP contribution in [0.1, 0.15) is 27.2 Å². The summed E-state index contributed by atoms with van der Waals surface area (Å²) in [6.07, 6.45) is 1.25. The van der Waals surface area contributed by atoms with Crippen molar-refractivity contribution in [1.29, 1.82) is 0 Å². The minimum absolute atomic E-state index is 0.616. The maximum absolute atomic E-state index is 4.51. The Labute approximate surface area is 67.3 Å². The zero-order valence-corrected chi connectivity index (χ0v) is 7.74. The van der Waals surface area contributed by atoms with E-state index in [1.165, 1.54) is 17.2 Å². The molecule has 1 heterocycles. The van der Waals surface area contributed by atoms with Crippen molar-refractivity contribution in [3.8, 4) is 0 Å². The van der Waals surface area contributed by atoms with Gasteiger partial charge >= 0.3 is 0 Å². The lowest BCUT2D eigenvalue weighted by atomic mass is 10.1. The van der Waals surface area contributed by atoms with E-state index in [9.17, 15) is 0 Å². The molecule has 10 heavy (non-hydrogen) atoms. The van der Waals surface area contributed by atoms with Crippen molar-refractivity contribution < 1.29 is 0 Å². The highest BCUT2D eigenvalue weighted by Crippen LogP contribution is 2.22. The van der Waals surface area contributed by atoms with Gasteiger partial charge in [0.25, 0.3) is 0 Å². The van der Waals surface area contributed by atoms with Crippen LogP contribution in [-0.2, 0) is 0 Å². The van der Waals surface area contributed by atoms with E-state index in [4.69, 9.17) is 0 Å². The maximum Gasteiger partial charge on any atom is 0.0649 e. The van der Waals surface area contributed by atoms with Crippen molar-refractivity contribution in [2.75, 3.05) is 5.75 Å². The molecule has 0 aromatic rings. The number of hydrogen-bond donors (Lipinski definition) is 0. The quantitative estimate of drug-likeness (QED) is 0.600. The van der Waals surface area contributed by atoms with Gasteiger partial charge in [-0.15, -0.1) is 11.8 Å². The van der Waals surface area contributed by atoms with E-state index in [0.717, 1.165) is 5.92 Å². The summed E-state index contributed by atoms with van der Waals surface area (Å²) in [5.74, 6) is 2.00. The third-order valence-electron chi connectivity index (χ3n) is 1.59. The van der Waals surface area contributed by atoms with Crippen molar-refractivity contribution in [1.82, 2.24) is 0 Å². The SMILES string of the molecule is CC1=NC(CC(C)C)CS1. The van der Waals surface area contributed by atoms with Crippen LogP contribution in [0.25, 0.3) is 0 Å². The van der Waals surface area contributed by atoms with Crippen LogP contribution in [0.2, 0.25) is 0 Å². The van der Waals surface area contributed by atoms with Crippen molar-refractivity contribution in [3.63, 3.8) is 0 Å². The normalized spacial score (nSPS) is 25.6. The van der Waals surface area contributed by atoms with Crippen LogP contribution in [0.5, 0.6) is 0 Å². The Morgan fingerprint density at radius 3 is 2.80 bits per heavy atom. The van der Waals surface area contributed by atoms with E-state index >= 15 is 0 Å². The molecule has 1 aliphatic heterocycles. The molecule has 0 aromatic carbocycles. The van der Waals surface area contributed by atoms with E-state index in [1.807, 2.05) is 11.8 Å². The highest BCUT2D eigenvalue weighted by Gasteiger charge is 2.15. The first-order valence-corrected chi connectivity index (χ1v) is 4.84. The fraction of sp³-hybridized carbons (Fsp3) is 0.875. The first-order valence-electron chi connectivity index (χ1n) is 3.85. The van der Waals surface area contributed by atoms with E-state index in [0.29, 0.717) is 6.04 Å². The average molecular weight is 157 g/mol. The van der Waals surface area contributed by atoms with Crippen LogP contribution in [0.3, 0.4) is 0 Å². The van der Waals surface area contributed by atoms with Crippen molar-refractivity contribution in [3.05, 3.63) is 0 Å². The predicted molar refractivity (Wildman–Crippen MR) is 48.8 cm³/mol. The summed E-state index contributed by atoms with van der Waals surface area (Å²) < 4.78 is 0. The first-order chi connectivity index (χ1) is 4.68. The lowest BCUT2D eigenvalue weighted by molar-refractivity contribution is 0.529. The van der Waals surface area contributed by atoms with E-state index in [2.05, 4.69) is 25.8 Å². The second kappa shape index (κ2) is 3.42. The maximum atomic E-state index is 4.51. The van der Waals surface area contributed by atoms with Crippen LogP contribution < -0.4 is 0 Å². The molecule has 1 nitrogen and oxygen atoms in total. The molecule has 0 N–H and O–H groups in total. The van der Waals surface area contributed by atoms with Gasteiger partial charge in [0.2, 0.25) is 0 Å². The highest BCUT2D eigenvalue weighted by molar-refractivity contribution is 8.14. The van der Waals surface area contributed by atoms with Gasteiger partial charge in [-0.05, 0) is 19.3 Å². The summed E-state index contributed by atoms with van der Waals surface area (Å²) in [5, 5.41) is 1.27. The molecule has 0 radical (unpaired) electrons. The molecule has 58 valence electrons. The Morgan fingerprint density at radius 2 is 2.40 bits per heavy atom. The Morgan fingerprint density at radius 1 is 1.70 bits per heavy atom. The van der Waals surface area contributed by atoms with Crippen LogP contribution in [0, 0.1) is 5.92 Å². The van der Waals surface area contributed by atoms with Gasteiger partial charge in [0.15, 0.2) is 0 Å². The van der Waals surface area contributed by atoms with Gasteiger partial charge in [0.05, 0.1) is 11.1 Å². The zero-order chi connectivity index (χ0) is 7.56. The molecular formula is C8H15NS. The Kier molecular flexibility index (Phi) is 2.78. The molecule has 0 saturated carbocycles. The second-order valence-electron chi connectivity index (χ2n) is 3.24. The minimum Gasteiger partial charge on any atom is -0.279 e. The topological polar surface area (TPSA) is 12.4 Å². The van der Waals surface area contributed by atoms with Crippen LogP contribution >= 0.6 is 11.8 Å². The molecule has 2 heteroatoms. The molecule has 0 saturated heterocycles. The zero-order valence-electron chi connectivity index (χ0n) is 6.92. The highest BCUT2D eigenvalue weighted by atomic mass is 32.2. The number of thioether (sulfide) groups is 1. The predicted octanol–water partition coefficient (Wildman–Crippen LogP) is 2.57. The minimum atomic E-state index is 0.616. The summed E-state index contributed by atoms with van der Waals surface area (Å²) in [4.78, 5) is 4.51. The fourth-order valence-electron chi connectivity index (χ4n) is 1.21. The lowest BCUT2D eigenvalue weighted by Gasteiger charge is -2.07. The van der Waals surface area contributed by atoms with Gasteiger partial charge in [0, 0.05) is 5.75 Å². The Bertz CT molecular complexity index is 140. The summed E-state index contributed by atoms with van der Waals surface area (Å²) in [6, 6.07) is 0.616. The molecule has 0 spiro atoms. The summed E-state index contributed by atoms with van der Waals surface area (Å²) in [6.45, 7) is 6.62. The Balaban J connectivity index is 2.31. The van der Waals surface area contributed by atoms with Gasteiger partial charge in [-0.3, -0.25) is 4.99 Å². The molecule has 1 rings (SSSR count). The molecule has 0 fully saturated rings. The summed E-state index contributed by atoms with van der Waals surface area (Å²) >= 11 is 1.90. The first kappa shape index (κ1) is 8.12. The number of aliphatic imine (C=N–C) groups is 1. The van der Waals surface area contributed by atoms with Crippen LogP contribution in [0.4, 0.5) is 0 Å². The van der Waals surface area contributed by atoms with Gasteiger partial charge < -0.3 is 0 Å². The Hall–Kier alpha value is 0.0200. The van der Waals surface area contributed by atoms with Gasteiger partial charge in [-0.25, -0.2) is 0 Å². The van der Waals surface area contributed by atoms with E-state index in [-0.39, 0.29) is 0 Å². The molecule has 0 amide bonds. The van der Waals surface area contributed by atoms with Gasteiger partial charge in [-0.1, -0.05) is 13.8 Å². The molecule has 0 aromatic heterocycles. The van der Waals surface area contributed by atoms with Crippen molar-refractivity contribution in [2.45, 2.75) is 33.2 Å². The van der Waals surface area contributed by atoms with Gasteiger partial charge in [0.1, 0.15) is 0 Å². The van der Waals surface area contributed by atoms with Crippen molar-refractivity contribution in [2.24, 2.45) is 10.9 Å². The van der Waals surface area contributed by atoms with Crippen LogP contribution in [0.15, 0.2) is 4.99 Å².